The number of benzene rings is 1. The molecule has 2 saturated heterocycles. The molecule has 2 aliphatic rings. The molecule has 31 heavy (non-hydrogen) atoms. The predicted octanol–water partition coefficient (Wildman–Crippen LogP) is 1.15. The number of piperazine rings is 2. The molecule has 0 aliphatic carbocycles. The minimum atomic E-state index is -0.633. The van der Waals surface area contributed by atoms with Gasteiger partial charge in [0.15, 0.2) is 0 Å². The second-order valence-corrected chi connectivity index (χ2v) is 8.56. The van der Waals surface area contributed by atoms with Gasteiger partial charge in [-0.25, -0.2) is 4.79 Å². The topological polar surface area (TPSA) is 90.2 Å². The highest BCUT2D eigenvalue weighted by atomic mass is 16.2. The van der Waals surface area contributed by atoms with Crippen LogP contribution in [0, 0.1) is 0 Å². The van der Waals surface area contributed by atoms with Crippen LogP contribution in [0.3, 0.4) is 0 Å². The third kappa shape index (κ3) is 5.55. The SMILES string of the molecule is CCCC[C@@H](C(N)=O)N1CCN(C(=O)N2CCN(C)CC2)[C@@H](Cc2ccccc2)C1=O. The number of amides is 4. The van der Waals surface area contributed by atoms with Crippen molar-refractivity contribution in [2.75, 3.05) is 46.3 Å². The maximum Gasteiger partial charge on any atom is 0.320 e. The molecular weight excluding hydrogens is 394 g/mol. The molecule has 3 rings (SSSR count). The number of hydrogen-bond donors (Lipinski definition) is 1. The number of carbonyl (C=O) groups excluding carboxylic acids is 3. The number of likely N-dealkylation sites (N-methyl/N-ethyl adjacent to an activating group) is 1. The first kappa shape index (κ1) is 23.1. The lowest BCUT2D eigenvalue weighted by atomic mass is 9.98. The van der Waals surface area contributed by atoms with Gasteiger partial charge in [-0.15, -0.1) is 0 Å². The molecule has 2 heterocycles. The van der Waals surface area contributed by atoms with E-state index in [-0.39, 0.29) is 11.9 Å². The first-order valence-corrected chi connectivity index (χ1v) is 11.3. The van der Waals surface area contributed by atoms with Gasteiger partial charge in [-0.3, -0.25) is 9.59 Å². The fraction of sp³-hybridized carbons (Fsp3) is 0.609. The Bertz CT molecular complexity index is 764. The fourth-order valence-corrected chi connectivity index (χ4v) is 4.41. The van der Waals surface area contributed by atoms with Crippen molar-refractivity contribution in [2.24, 2.45) is 5.73 Å². The van der Waals surface area contributed by atoms with Gasteiger partial charge in [-0.2, -0.15) is 0 Å². The van der Waals surface area contributed by atoms with Gasteiger partial charge in [0, 0.05) is 45.7 Å². The average molecular weight is 430 g/mol. The standard InChI is InChI=1S/C23H35N5O3/c1-3-4-10-19(21(24)29)27-15-16-28(23(31)26-13-11-25(2)12-14-26)20(22(27)30)17-18-8-6-5-7-9-18/h5-9,19-20H,3-4,10-17H2,1-2H3,(H2,24,29)/t19-,20-/m0/s1. The molecule has 170 valence electrons. The lowest BCUT2D eigenvalue weighted by molar-refractivity contribution is -0.147. The Morgan fingerprint density at radius 3 is 2.35 bits per heavy atom. The minimum absolute atomic E-state index is 0.0915. The van der Waals surface area contributed by atoms with Gasteiger partial charge in [0.1, 0.15) is 12.1 Å². The smallest absolute Gasteiger partial charge is 0.320 e. The van der Waals surface area contributed by atoms with E-state index in [1.807, 2.05) is 49.2 Å². The quantitative estimate of drug-likeness (QED) is 0.704. The number of nitrogens with two attached hydrogens (primary N) is 1. The van der Waals surface area contributed by atoms with E-state index < -0.39 is 18.0 Å². The summed E-state index contributed by atoms with van der Waals surface area (Å²) in [5.74, 6) is -0.656. The third-order valence-electron chi connectivity index (χ3n) is 6.35. The summed E-state index contributed by atoms with van der Waals surface area (Å²) in [4.78, 5) is 46.4. The highest BCUT2D eigenvalue weighted by molar-refractivity contribution is 5.92. The predicted molar refractivity (Wildman–Crippen MR) is 119 cm³/mol. The summed E-state index contributed by atoms with van der Waals surface area (Å²) in [5, 5.41) is 0. The molecule has 0 saturated carbocycles. The van der Waals surface area contributed by atoms with Crippen LogP contribution in [-0.2, 0) is 16.0 Å². The number of carbonyl (C=O) groups is 3. The maximum absolute atomic E-state index is 13.6. The van der Waals surface area contributed by atoms with Gasteiger partial charge in [0.05, 0.1) is 0 Å². The monoisotopic (exact) mass is 429 g/mol. The van der Waals surface area contributed by atoms with Crippen LogP contribution >= 0.6 is 0 Å². The summed E-state index contributed by atoms with van der Waals surface area (Å²) in [7, 11) is 2.04. The molecule has 0 unspecified atom stereocenters. The van der Waals surface area contributed by atoms with Crippen molar-refractivity contribution in [3.05, 3.63) is 35.9 Å². The number of primary amides is 1. The Morgan fingerprint density at radius 1 is 1.06 bits per heavy atom. The largest absolute Gasteiger partial charge is 0.368 e. The lowest BCUT2D eigenvalue weighted by Crippen LogP contribution is -2.65. The Kier molecular flexibility index (Phi) is 7.90. The number of unbranched alkanes of at least 4 members (excludes halogenated alkanes) is 1. The van der Waals surface area contributed by atoms with E-state index >= 15 is 0 Å². The van der Waals surface area contributed by atoms with Crippen LogP contribution in [0.2, 0.25) is 0 Å². The molecule has 2 N–H and O–H groups in total. The van der Waals surface area contributed by atoms with Crippen LogP contribution in [0.25, 0.3) is 0 Å². The molecule has 8 heteroatoms. The second-order valence-electron chi connectivity index (χ2n) is 8.56. The van der Waals surface area contributed by atoms with Crippen molar-refractivity contribution >= 4 is 17.8 Å². The minimum Gasteiger partial charge on any atom is -0.368 e. The molecule has 1 aromatic rings. The second kappa shape index (κ2) is 10.6. The molecule has 2 fully saturated rings. The molecule has 2 atom stereocenters. The Morgan fingerprint density at radius 2 is 1.74 bits per heavy atom. The highest BCUT2D eigenvalue weighted by Gasteiger charge is 2.42. The zero-order chi connectivity index (χ0) is 22.4. The number of rotatable bonds is 7. The van der Waals surface area contributed by atoms with Gasteiger partial charge in [-0.05, 0) is 19.0 Å². The van der Waals surface area contributed by atoms with Crippen molar-refractivity contribution in [1.29, 1.82) is 0 Å². The summed E-state index contributed by atoms with van der Waals surface area (Å²) < 4.78 is 0. The van der Waals surface area contributed by atoms with E-state index in [0.717, 1.165) is 31.5 Å². The van der Waals surface area contributed by atoms with E-state index in [1.165, 1.54) is 0 Å². The molecule has 8 nitrogen and oxygen atoms in total. The van der Waals surface area contributed by atoms with E-state index in [9.17, 15) is 14.4 Å². The van der Waals surface area contributed by atoms with E-state index in [0.29, 0.717) is 39.0 Å². The van der Waals surface area contributed by atoms with Gasteiger partial charge in [0.25, 0.3) is 0 Å². The zero-order valence-electron chi connectivity index (χ0n) is 18.7. The van der Waals surface area contributed by atoms with Crippen LogP contribution in [0.15, 0.2) is 30.3 Å². The van der Waals surface area contributed by atoms with Crippen LogP contribution in [0.4, 0.5) is 4.79 Å². The third-order valence-corrected chi connectivity index (χ3v) is 6.35. The molecule has 0 radical (unpaired) electrons. The molecule has 0 bridgehead atoms. The van der Waals surface area contributed by atoms with Crippen molar-refractivity contribution in [3.8, 4) is 0 Å². The van der Waals surface area contributed by atoms with Crippen molar-refractivity contribution < 1.29 is 14.4 Å². The Labute approximate surface area is 184 Å². The summed E-state index contributed by atoms with van der Waals surface area (Å²) in [6.45, 7) is 5.74. The van der Waals surface area contributed by atoms with Crippen LogP contribution in [0.5, 0.6) is 0 Å². The number of urea groups is 1. The summed E-state index contributed by atoms with van der Waals surface area (Å²) in [6.07, 6.45) is 2.73. The van der Waals surface area contributed by atoms with Crippen molar-refractivity contribution in [3.63, 3.8) is 0 Å². The maximum atomic E-state index is 13.6. The summed E-state index contributed by atoms with van der Waals surface area (Å²) >= 11 is 0. The number of hydrogen-bond acceptors (Lipinski definition) is 4. The highest BCUT2D eigenvalue weighted by Crippen LogP contribution is 2.22. The van der Waals surface area contributed by atoms with E-state index in [4.69, 9.17) is 5.73 Å². The summed E-state index contributed by atoms with van der Waals surface area (Å²) in [6, 6.07) is 8.38. The lowest BCUT2D eigenvalue weighted by Gasteiger charge is -2.45. The van der Waals surface area contributed by atoms with Crippen molar-refractivity contribution in [1.82, 2.24) is 19.6 Å². The van der Waals surface area contributed by atoms with Crippen molar-refractivity contribution in [2.45, 2.75) is 44.7 Å². The van der Waals surface area contributed by atoms with E-state index in [1.54, 1.807) is 9.80 Å². The van der Waals surface area contributed by atoms with Gasteiger partial charge in [0.2, 0.25) is 11.8 Å². The van der Waals surface area contributed by atoms with Gasteiger partial charge < -0.3 is 25.3 Å². The molecule has 1 aromatic carbocycles. The summed E-state index contributed by atoms with van der Waals surface area (Å²) in [5.41, 5.74) is 6.66. The first-order chi connectivity index (χ1) is 14.9. The average Bonchev–Trinajstić information content (AvgIpc) is 2.77. The number of nitrogens with zero attached hydrogens (tertiary/aromatic N) is 4. The molecule has 4 amide bonds. The fourth-order valence-electron chi connectivity index (χ4n) is 4.41. The first-order valence-electron chi connectivity index (χ1n) is 11.3. The Balaban J connectivity index is 1.83. The van der Waals surface area contributed by atoms with Crippen LogP contribution < -0.4 is 5.73 Å². The van der Waals surface area contributed by atoms with E-state index in [2.05, 4.69) is 4.90 Å². The molecular formula is C23H35N5O3. The zero-order valence-corrected chi connectivity index (χ0v) is 18.7. The van der Waals surface area contributed by atoms with Crippen LogP contribution in [0.1, 0.15) is 31.7 Å². The van der Waals surface area contributed by atoms with Gasteiger partial charge >= 0.3 is 6.03 Å². The Hall–Kier alpha value is -2.61. The normalized spacial score (nSPS) is 21.3. The molecule has 2 aliphatic heterocycles. The molecule has 0 spiro atoms. The molecule has 0 aromatic heterocycles. The van der Waals surface area contributed by atoms with Crippen LogP contribution in [-0.4, -0.2) is 95.8 Å². The van der Waals surface area contributed by atoms with Gasteiger partial charge in [-0.1, -0.05) is 50.1 Å².